The van der Waals surface area contributed by atoms with Crippen molar-refractivity contribution in [3.63, 3.8) is 0 Å². The van der Waals surface area contributed by atoms with Gasteiger partial charge in [-0.2, -0.15) is 0 Å². The van der Waals surface area contributed by atoms with E-state index in [0.29, 0.717) is 12.2 Å². The van der Waals surface area contributed by atoms with Gasteiger partial charge in [-0.05, 0) is 28.5 Å². The Bertz CT molecular complexity index is 776. The first-order valence-corrected chi connectivity index (χ1v) is 7.15. The number of ether oxygens (including phenoxy) is 1. The minimum atomic E-state index is -0.961. The van der Waals surface area contributed by atoms with Crippen molar-refractivity contribution >= 4 is 16.7 Å². The molecular weight excluding hydrogens is 276 g/mol. The molecule has 0 bridgehead atoms. The fourth-order valence-electron chi connectivity index (χ4n) is 2.51. The van der Waals surface area contributed by atoms with Crippen LogP contribution in [-0.4, -0.2) is 17.2 Å². The van der Waals surface area contributed by atoms with Crippen LogP contribution in [0, 0.1) is 0 Å². The molecule has 0 fully saturated rings. The summed E-state index contributed by atoms with van der Waals surface area (Å²) in [7, 11) is 0. The summed E-state index contributed by atoms with van der Waals surface area (Å²) in [4.78, 5) is 11.5. The topological polar surface area (TPSA) is 46.5 Å². The molecule has 3 aromatic rings. The quantitative estimate of drug-likeness (QED) is 0.775. The van der Waals surface area contributed by atoms with E-state index in [1.165, 1.54) is 0 Å². The maximum Gasteiger partial charge on any atom is 0.345 e. The summed E-state index contributed by atoms with van der Waals surface area (Å²) in [5.41, 5.74) is 0.974. The molecule has 0 aromatic heterocycles. The number of carboxylic acids is 1. The van der Waals surface area contributed by atoms with Gasteiger partial charge in [-0.15, -0.1) is 0 Å². The molecule has 3 nitrogen and oxygen atoms in total. The number of rotatable bonds is 5. The Hall–Kier alpha value is -2.81. The van der Waals surface area contributed by atoms with Crippen LogP contribution in [0.5, 0.6) is 5.75 Å². The summed E-state index contributed by atoms with van der Waals surface area (Å²) in [6.45, 7) is 0. The molecule has 3 rings (SSSR count). The van der Waals surface area contributed by atoms with Crippen LogP contribution >= 0.6 is 0 Å². The standard InChI is InChI=1S/C19H16O3/c20-19(21)18(22-16-10-2-1-3-11-16)13-15-9-6-8-14-7-4-5-12-17(14)15/h1-12,18H,13H2,(H,20,21). The molecule has 3 heteroatoms. The lowest BCUT2D eigenvalue weighted by molar-refractivity contribution is -0.145. The van der Waals surface area contributed by atoms with Gasteiger partial charge < -0.3 is 9.84 Å². The third-order valence-corrected chi connectivity index (χ3v) is 3.58. The summed E-state index contributed by atoms with van der Waals surface area (Å²) in [5, 5.41) is 11.6. The zero-order chi connectivity index (χ0) is 15.4. The number of carbonyl (C=O) groups is 1. The summed E-state index contributed by atoms with van der Waals surface area (Å²) in [6, 6.07) is 22.9. The molecule has 1 N–H and O–H groups in total. The minimum absolute atomic E-state index is 0.325. The van der Waals surface area contributed by atoms with Gasteiger partial charge in [0.05, 0.1) is 0 Å². The average Bonchev–Trinajstić information content (AvgIpc) is 2.55. The highest BCUT2D eigenvalue weighted by atomic mass is 16.5. The van der Waals surface area contributed by atoms with Crippen molar-refractivity contribution in [2.75, 3.05) is 0 Å². The largest absolute Gasteiger partial charge is 0.478 e. The van der Waals surface area contributed by atoms with E-state index >= 15 is 0 Å². The molecule has 110 valence electrons. The van der Waals surface area contributed by atoms with Gasteiger partial charge in [-0.3, -0.25) is 0 Å². The van der Waals surface area contributed by atoms with Crippen molar-refractivity contribution in [2.45, 2.75) is 12.5 Å². The highest BCUT2D eigenvalue weighted by molar-refractivity contribution is 5.86. The van der Waals surface area contributed by atoms with Crippen LogP contribution in [0.2, 0.25) is 0 Å². The zero-order valence-electron chi connectivity index (χ0n) is 12.0. The Morgan fingerprint density at radius 3 is 2.36 bits per heavy atom. The van der Waals surface area contributed by atoms with Crippen molar-refractivity contribution in [1.82, 2.24) is 0 Å². The molecule has 0 aliphatic rings. The maximum absolute atomic E-state index is 11.5. The fourth-order valence-corrected chi connectivity index (χ4v) is 2.51. The number of para-hydroxylation sites is 1. The molecule has 3 aromatic carbocycles. The highest BCUT2D eigenvalue weighted by Crippen LogP contribution is 2.21. The van der Waals surface area contributed by atoms with E-state index in [1.807, 2.05) is 60.7 Å². The predicted molar refractivity (Wildman–Crippen MR) is 86.1 cm³/mol. The number of fused-ring (bicyclic) bond motifs is 1. The van der Waals surface area contributed by atoms with E-state index in [1.54, 1.807) is 12.1 Å². The second kappa shape index (κ2) is 6.31. The molecule has 0 saturated heterocycles. The Balaban J connectivity index is 1.88. The Kier molecular flexibility index (Phi) is 4.05. The molecule has 22 heavy (non-hydrogen) atoms. The second-order valence-electron chi connectivity index (χ2n) is 5.10. The number of benzene rings is 3. The Labute approximate surface area is 128 Å². The normalized spacial score (nSPS) is 12.0. The van der Waals surface area contributed by atoms with Crippen molar-refractivity contribution in [2.24, 2.45) is 0 Å². The van der Waals surface area contributed by atoms with Crippen LogP contribution in [0.1, 0.15) is 5.56 Å². The Morgan fingerprint density at radius 1 is 0.909 bits per heavy atom. The molecule has 0 saturated carbocycles. The first-order chi connectivity index (χ1) is 10.7. The van der Waals surface area contributed by atoms with Crippen LogP contribution < -0.4 is 4.74 Å². The van der Waals surface area contributed by atoms with Crippen LogP contribution in [0.4, 0.5) is 0 Å². The van der Waals surface area contributed by atoms with Gasteiger partial charge in [0.1, 0.15) is 5.75 Å². The zero-order valence-corrected chi connectivity index (χ0v) is 12.0. The number of hydrogen-bond donors (Lipinski definition) is 1. The van der Waals surface area contributed by atoms with E-state index in [2.05, 4.69) is 0 Å². The number of hydrogen-bond acceptors (Lipinski definition) is 2. The van der Waals surface area contributed by atoms with E-state index in [9.17, 15) is 9.90 Å². The van der Waals surface area contributed by atoms with E-state index in [0.717, 1.165) is 16.3 Å². The molecule has 0 amide bonds. The molecular formula is C19H16O3. The molecule has 0 heterocycles. The summed E-state index contributed by atoms with van der Waals surface area (Å²) in [6.07, 6.45) is -0.584. The van der Waals surface area contributed by atoms with Crippen LogP contribution in [-0.2, 0) is 11.2 Å². The third kappa shape index (κ3) is 3.09. The maximum atomic E-state index is 11.5. The summed E-state index contributed by atoms with van der Waals surface area (Å²) < 4.78 is 5.63. The molecule has 0 spiro atoms. The summed E-state index contributed by atoms with van der Waals surface area (Å²) in [5.74, 6) is -0.396. The molecule has 0 radical (unpaired) electrons. The lowest BCUT2D eigenvalue weighted by Gasteiger charge is -2.16. The molecule has 1 unspecified atom stereocenters. The lowest BCUT2D eigenvalue weighted by Crippen LogP contribution is -2.29. The van der Waals surface area contributed by atoms with Crippen LogP contribution in [0.3, 0.4) is 0 Å². The van der Waals surface area contributed by atoms with Gasteiger partial charge in [0.25, 0.3) is 0 Å². The number of aliphatic carboxylic acids is 1. The van der Waals surface area contributed by atoms with Crippen molar-refractivity contribution in [3.05, 3.63) is 78.4 Å². The van der Waals surface area contributed by atoms with E-state index in [-0.39, 0.29) is 0 Å². The molecule has 0 aliphatic heterocycles. The van der Waals surface area contributed by atoms with Crippen molar-refractivity contribution in [1.29, 1.82) is 0 Å². The van der Waals surface area contributed by atoms with Crippen LogP contribution in [0.15, 0.2) is 72.8 Å². The van der Waals surface area contributed by atoms with Gasteiger partial charge in [0.2, 0.25) is 0 Å². The van der Waals surface area contributed by atoms with E-state index in [4.69, 9.17) is 4.74 Å². The van der Waals surface area contributed by atoms with Gasteiger partial charge in [-0.25, -0.2) is 4.79 Å². The monoisotopic (exact) mass is 292 g/mol. The smallest absolute Gasteiger partial charge is 0.345 e. The first-order valence-electron chi connectivity index (χ1n) is 7.15. The summed E-state index contributed by atoms with van der Waals surface area (Å²) >= 11 is 0. The lowest BCUT2D eigenvalue weighted by atomic mass is 10.00. The predicted octanol–water partition coefficient (Wildman–Crippen LogP) is 3.91. The highest BCUT2D eigenvalue weighted by Gasteiger charge is 2.21. The fraction of sp³-hybridized carbons (Fsp3) is 0.105. The Morgan fingerprint density at radius 2 is 1.59 bits per heavy atom. The van der Waals surface area contributed by atoms with Crippen molar-refractivity contribution in [3.8, 4) is 5.75 Å². The van der Waals surface area contributed by atoms with Gasteiger partial charge in [0, 0.05) is 6.42 Å². The van der Waals surface area contributed by atoms with Gasteiger partial charge >= 0.3 is 5.97 Å². The SMILES string of the molecule is O=C(O)C(Cc1cccc2ccccc12)Oc1ccccc1. The third-order valence-electron chi connectivity index (χ3n) is 3.58. The first kappa shape index (κ1) is 14.1. The van der Waals surface area contributed by atoms with Crippen LogP contribution in [0.25, 0.3) is 10.8 Å². The second-order valence-corrected chi connectivity index (χ2v) is 5.10. The van der Waals surface area contributed by atoms with Crippen molar-refractivity contribution < 1.29 is 14.6 Å². The molecule has 1 atom stereocenters. The molecule has 0 aliphatic carbocycles. The average molecular weight is 292 g/mol. The van der Waals surface area contributed by atoms with Gasteiger partial charge in [0.15, 0.2) is 6.10 Å². The number of carboxylic acid groups (broad SMARTS) is 1. The minimum Gasteiger partial charge on any atom is -0.478 e. The van der Waals surface area contributed by atoms with Gasteiger partial charge in [-0.1, -0.05) is 60.7 Å². The van der Waals surface area contributed by atoms with E-state index < -0.39 is 12.1 Å².